The molecule has 1 aliphatic heterocycles. The number of rotatable bonds is 8. The predicted molar refractivity (Wildman–Crippen MR) is 131 cm³/mol. The Hall–Kier alpha value is -2.39. The summed E-state index contributed by atoms with van der Waals surface area (Å²) in [6, 6.07) is 3.54. The van der Waals surface area contributed by atoms with E-state index in [9.17, 15) is 14.7 Å². The van der Waals surface area contributed by atoms with E-state index in [4.69, 9.17) is 31.2 Å². The van der Waals surface area contributed by atoms with Crippen molar-refractivity contribution in [1.82, 2.24) is 9.55 Å². The molecule has 0 spiro atoms. The van der Waals surface area contributed by atoms with Crippen LogP contribution in [0.5, 0.6) is 11.5 Å². The Balaban J connectivity index is 1.44. The van der Waals surface area contributed by atoms with Gasteiger partial charge >= 0.3 is 11.9 Å². The van der Waals surface area contributed by atoms with E-state index in [1.54, 1.807) is 6.07 Å². The van der Waals surface area contributed by atoms with Crippen LogP contribution in [0.25, 0.3) is 0 Å². The van der Waals surface area contributed by atoms with Gasteiger partial charge in [0.2, 0.25) is 6.79 Å². The van der Waals surface area contributed by atoms with Gasteiger partial charge in [-0.05, 0) is 56.1 Å². The lowest BCUT2D eigenvalue weighted by Crippen LogP contribution is -2.19. The van der Waals surface area contributed by atoms with Crippen molar-refractivity contribution in [1.29, 1.82) is 0 Å². The van der Waals surface area contributed by atoms with Crippen LogP contribution in [0.1, 0.15) is 85.6 Å². The maximum absolute atomic E-state index is 12.5. The van der Waals surface area contributed by atoms with Crippen LogP contribution in [-0.2, 0) is 11.3 Å². The number of fused-ring (bicyclic) bond motifs is 1. The Morgan fingerprint density at radius 1 is 1.06 bits per heavy atom. The maximum atomic E-state index is 12.5. The van der Waals surface area contributed by atoms with Gasteiger partial charge in [-0.25, -0.2) is 9.78 Å². The molecular formula is C25H29ClN2O6S. The Kier molecular flexibility index (Phi) is 7.16. The molecule has 2 aromatic rings. The molecule has 0 atom stereocenters. The van der Waals surface area contributed by atoms with Crippen molar-refractivity contribution >= 4 is 35.3 Å². The number of aliphatic carboxylic acids is 1. The maximum Gasteiger partial charge on any atom is 0.355 e. The van der Waals surface area contributed by atoms with Gasteiger partial charge in [-0.15, -0.1) is 11.8 Å². The number of carbonyl (C=O) groups is 2. The Bertz CT molecular complexity index is 1120. The van der Waals surface area contributed by atoms with Crippen molar-refractivity contribution in [3.8, 4) is 11.5 Å². The number of aromatic nitrogens is 2. The van der Waals surface area contributed by atoms with Crippen molar-refractivity contribution in [3.63, 3.8) is 0 Å². The average molecular weight is 521 g/mol. The summed E-state index contributed by atoms with van der Waals surface area (Å²) in [6.45, 7) is 0.436. The number of halogens is 1. The molecule has 1 aromatic carbocycles. The summed E-state index contributed by atoms with van der Waals surface area (Å²) in [5.41, 5.74) is 0.971. The summed E-state index contributed by atoms with van der Waals surface area (Å²) < 4.78 is 12.8. The normalized spacial score (nSPS) is 22.0. The van der Waals surface area contributed by atoms with Gasteiger partial charge in [0.15, 0.2) is 17.2 Å². The molecule has 188 valence electrons. The van der Waals surface area contributed by atoms with E-state index in [0.29, 0.717) is 28.1 Å². The fourth-order valence-corrected chi connectivity index (χ4v) is 6.99. The van der Waals surface area contributed by atoms with Crippen LogP contribution in [0, 0.1) is 5.92 Å². The summed E-state index contributed by atoms with van der Waals surface area (Å²) in [4.78, 5) is 28.5. The first-order valence-electron chi connectivity index (χ1n) is 12.2. The van der Waals surface area contributed by atoms with Gasteiger partial charge in [0.05, 0.1) is 6.54 Å². The Morgan fingerprint density at radius 2 is 1.74 bits per heavy atom. The van der Waals surface area contributed by atoms with E-state index in [2.05, 4.69) is 0 Å². The van der Waals surface area contributed by atoms with Gasteiger partial charge in [-0.3, -0.25) is 4.79 Å². The third kappa shape index (κ3) is 5.26. The molecule has 0 saturated heterocycles. The van der Waals surface area contributed by atoms with Gasteiger partial charge in [-0.2, -0.15) is 0 Å². The molecule has 2 N–H and O–H groups in total. The first-order chi connectivity index (χ1) is 16.9. The van der Waals surface area contributed by atoms with E-state index >= 15 is 0 Å². The molecule has 0 amide bonds. The van der Waals surface area contributed by atoms with E-state index in [0.717, 1.165) is 62.8 Å². The highest BCUT2D eigenvalue weighted by molar-refractivity contribution is 7.99. The second kappa shape index (κ2) is 10.3. The Morgan fingerprint density at radius 3 is 2.40 bits per heavy atom. The number of hydrogen-bond donors (Lipinski definition) is 2. The molecule has 1 aromatic heterocycles. The number of nitrogens with zero attached hydrogens (tertiary/aromatic N) is 2. The van der Waals surface area contributed by atoms with Crippen molar-refractivity contribution in [2.45, 2.75) is 80.5 Å². The number of aromatic carboxylic acids is 1. The average Bonchev–Trinajstić information content (AvgIpc) is 3.55. The van der Waals surface area contributed by atoms with E-state index in [1.807, 2.05) is 10.6 Å². The van der Waals surface area contributed by atoms with Crippen molar-refractivity contribution in [3.05, 3.63) is 34.2 Å². The van der Waals surface area contributed by atoms with E-state index in [1.165, 1.54) is 11.8 Å². The molecule has 0 radical (unpaired) electrons. The summed E-state index contributed by atoms with van der Waals surface area (Å²) >= 11 is 8.08. The second-order valence-electron chi connectivity index (χ2n) is 9.65. The highest BCUT2D eigenvalue weighted by Crippen LogP contribution is 2.42. The van der Waals surface area contributed by atoms with E-state index in [-0.39, 0.29) is 36.0 Å². The van der Waals surface area contributed by atoms with Crippen LogP contribution in [-0.4, -0.2) is 43.7 Å². The first-order valence-corrected chi connectivity index (χ1v) is 13.4. The van der Waals surface area contributed by atoms with Crippen LogP contribution in [0.2, 0.25) is 5.02 Å². The molecule has 3 aliphatic rings. The van der Waals surface area contributed by atoms with Crippen LogP contribution < -0.4 is 9.47 Å². The largest absolute Gasteiger partial charge is 0.481 e. The molecule has 8 nitrogen and oxygen atoms in total. The zero-order valence-electron chi connectivity index (χ0n) is 19.4. The highest BCUT2D eigenvalue weighted by atomic mass is 35.5. The standard InChI is InChI=1S/C25H29ClN2O6S/c26-18-11-20-19(33-13-34-20)10-16(18)12-28-22(25(31)32)24(27-23(28)15-3-1-2-4-15)35-17-7-5-14(6-8-17)9-21(29)30/h10-11,14-15,17H,1-9,12-13H2,(H,29,30)(H,31,32). The SMILES string of the molecule is O=C(O)CC1CCC(Sc2nc(C3CCCC3)n(Cc3cc4c(cc3Cl)OCO4)c2C(=O)O)CC1. The number of thioether (sulfide) groups is 1. The second-order valence-corrected chi connectivity index (χ2v) is 11.3. The number of benzene rings is 1. The third-order valence-electron chi connectivity index (χ3n) is 7.29. The van der Waals surface area contributed by atoms with Gasteiger partial charge < -0.3 is 24.3 Å². The summed E-state index contributed by atoms with van der Waals surface area (Å²) in [5, 5.41) is 20.6. The molecule has 0 unspecified atom stereocenters. The molecule has 10 heteroatoms. The molecule has 2 saturated carbocycles. The van der Waals surface area contributed by atoms with Crippen LogP contribution in [0.4, 0.5) is 0 Å². The minimum atomic E-state index is -0.999. The van der Waals surface area contributed by atoms with Crippen molar-refractivity contribution < 1.29 is 29.3 Å². The predicted octanol–water partition coefficient (Wildman–Crippen LogP) is 5.79. The minimum Gasteiger partial charge on any atom is -0.481 e. The van der Waals surface area contributed by atoms with Crippen LogP contribution in [0.3, 0.4) is 0 Å². The lowest BCUT2D eigenvalue weighted by atomic mass is 9.87. The Labute approximate surface area is 213 Å². The molecular weight excluding hydrogens is 492 g/mol. The lowest BCUT2D eigenvalue weighted by molar-refractivity contribution is -0.138. The molecule has 2 aliphatic carbocycles. The molecule has 35 heavy (non-hydrogen) atoms. The third-order valence-corrected chi connectivity index (χ3v) is 8.96. The van der Waals surface area contributed by atoms with Crippen molar-refractivity contribution in [2.75, 3.05) is 6.79 Å². The number of hydrogen-bond acceptors (Lipinski definition) is 6. The number of ether oxygens (including phenoxy) is 2. The van der Waals surface area contributed by atoms with Crippen LogP contribution in [0.15, 0.2) is 17.2 Å². The molecule has 2 heterocycles. The fraction of sp³-hybridized carbons (Fsp3) is 0.560. The molecule has 5 rings (SSSR count). The van der Waals surface area contributed by atoms with Gasteiger partial charge in [-0.1, -0.05) is 24.4 Å². The number of imidazole rings is 1. The van der Waals surface area contributed by atoms with Gasteiger partial charge in [0, 0.05) is 28.7 Å². The highest BCUT2D eigenvalue weighted by Gasteiger charge is 2.32. The fourth-order valence-electron chi connectivity index (χ4n) is 5.50. The lowest BCUT2D eigenvalue weighted by Gasteiger charge is -2.26. The summed E-state index contributed by atoms with van der Waals surface area (Å²) in [7, 11) is 0. The first kappa shape index (κ1) is 24.3. The van der Waals surface area contributed by atoms with Crippen molar-refractivity contribution in [2.24, 2.45) is 5.92 Å². The van der Waals surface area contributed by atoms with Gasteiger partial charge in [0.25, 0.3) is 0 Å². The molecule has 0 bridgehead atoms. The smallest absolute Gasteiger partial charge is 0.355 e. The van der Waals surface area contributed by atoms with Crippen LogP contribution >= 0.6 is 23.4 Å². The zero-order valence-corrected chi connectivity index (χ0v) is 20.9. The minimum absolute atomic E-state index is 0.142. The quantitative estimate of drug-likeness (QED) is 0.449. The molecule has 2 fully saturated rings. The number of carboxylic acid groups (broad SMARTS) is 2. The van der Waals surface area contributed by atoms with E-state index < -0.39 is 11.9 Å². The zero-order chi connectivity index (χ0) is 24.5. The monoisotopic (exact) mass is 520 g/mol. The number of carboxylic acids is 2. The van der Waals surface area contributed by atoms with Gasteiger partial charge in [0.1, 0.15) is 10.9 Å². The topological polar surface area (TPSA) is 111 Å². The summed E-state index contributed by atoms with van der Waals surface area (Å²) in [5.74, 6) is 0.683. The summed E-state index contributed by atoms with van der Waals surface area (Å²) in [6.07, 6.45) is 7.83.